The summed E-state index contributed by atoms with van der Waals surface area (Å²) in [6, 6.07) is 15.8. The summed E-state index contributed by atoms with van der Waals surface area (Å²) in [7, 11) is 0. The van der Waals surface area contributed by atoms with Gasteiger partial charge in [-0.05, 0) is 72.8 Å². The second kappa shape index (κ2) is 10.9. The van der Waals surface area contributed by atoms with Gasteiger partial charge in [-0.25, -0.2) is 0 Å². The smallest absolute Gasteiger partial charge is 0.422 e. The predicted molar refractivity (Wildman–Crippen MR) is 116 cm³/mol. The molecule has 1 saturated carbocycles. The first kappa shape index (κ1) is 22.7. The largest absolute Gasteiger partial charge is 0.484 e. The molecule has 0 saturated heterocycles. The van der Waals surface area contributed by atoms with Crippen molar-refractivity contribution < 1.29 is 17.9 Å². The van der Waals surface area contributed by atoms with Gasteiger partial charge in [-0.2, -0.15) is 13.2 Å². The lowest BCUT2D eigenvalue weighted by molar-refractivity contribution is -0.153. The fraction of sp³-hybridized carbons (Fsp3) is 0.538. The Balaban J connectivity index is 1.47. The van der Waals surface area contributed by atoms with Gasteiger partial charge in [0.2, 0.25) is 0 Å². The highest BCUT2D eigenvalue weighted by Gasteiger charge is 2.28. The minimum Gasteiger partial charge on any atom is -0.484 e. The first-order valence-electron chi connectivity index (χ1n) is 11.3. The fourth-order valence-corrected chi connectivity index (χ4v) is 4.48. The second-order valence-corrected chi connectivity index (χ2v) is 8.68. The molecule has 1 nitrogen and oxygen atoms in total. The molecule has 4 heteroatoms. The fourth-order valence-electron chi connectivity index (χ4n) is 4.48. The molecule has 0 spiro atoms. The molecular formula is C26H33F3O. The van der Waals surface area contributed by atoms with E-state index in [-0.39, 0.29) is 5.75 Å². The third-order valence-corrected chi connectivity index (χ3v) is 6.25. The van der Waals surface area contributed by atoms with Crippen molar-refractivity contribution in [1.29, 1.82) is 0 Å². The molecule has 2 aromatic carbocycles. The summed E-state index contributed by atoms with van der Waals surface area (Å²) in [5.74, 6) is 1.86. The maximum atomic E-state index is 12.2. The molecule has 1 fully saturated rings. The lowest BCUT2D eigenvalue weighted by Crippen LogP contribution is -2.19. The molecule has 1 aliphatic carbocycles. The van der Waals surface area contributed by atoms with Crippen LogP contribution in [-0.2, 0) is 6.42 Å². The van der Waals surface area contributed by atoms with Gasteiger partial charge in [0.15, 0.2) is 6.61 Å². The summed E-state index contributed by atoms with van der Waals surface area (Å²) in [5, 5.41) is 0. The minimum absolute atomic E-state index is 0.247. The van der Waals surface area contributed by atoms with E-state index < -0.39 is 12.8 Å². The van der Waals surface area contributed by atoms with Crippen LogP contribution in [0.1, 0.15) is 80.9 Å². The Morgan fingerprint density at radius 1 is 0.833 bits per heavy atom. The summed E-state index contributed by atoms with van der Waals surface area (Å²) in [6.07, 6.45) is 7.24. The molecule has 0 aromatic heterocycles. The Bertz CT molecular complexity index is 741. The van der Waals surface area contributed by atoms with Gasteiger partial charge in [-0.1, -0.05) is 69.0 Å². The van der Waals surface area contributed by atoms with Crippen LogP contribution in [-0.4, -0.2) is 12.8 Å². The van der Waals surface area contributed by atoms with E-state index >= 15 is 0 Å². The molecule has 0 radical (unpaired) electrons. The number of unbranched alkanes of at least 4 members (excludes halogenated alkanes) is 2. The molecule has 0 unspecified atom stereocenters. The van der Waals surface area contributed by atoms with Crippen LogP contribution < -0.4 is 4.74 Å². The molecular weight excluding hydrogens is 385 g/mol. The van der Waals surface area contributed by atoms with Gasteiger partial charge in [0, 0.05) is 0 Å². The van der Waals surface area contributed by atoms with Crippen molar-refractivity contribution >= 4 is 0 Å². The zero-order chi connectivity index (χ0) is 21.4. The SMILES string of the molecule is CCCCCC1CCC(c2ccc(Cc3ccc(OCC(F)(F)F)cc3)cc2)CC1. The van der Waals surface area contributed by atoms with Gasteiger partial charge in [-0.15, -0.1) is 0 Å². The summed E-state index contributed by atoms with van der Waals surface area (Å²) in [4.78, 5) is 0. The van der Waals surface area contributed by atoms with Crippen molar-refractivity contribution in [3.63, 3.8) is 0 Å². The van der Waals surface area contributed by atoms with Crippen molar-refractivity contribution in [2.75, 3.05) is 6.61 Å². The van der Waals surface area contributed by atoms with E-state index in [1.807, 2.05) is 12.1 Å². The molecule has 0 N–H and O–H groups in total. The van der Waals surface area contributed by atoms with E-state index in [2.05, 4.69) is 31.2 Å². The highest BCUT2D eigenvalue weighted by molar-refractivity contribution is 5.33. The average molecular weight is 419 g/mol. The number of hydrogen-bond donors (Lipinski definition) is 0. The molecule has 1 aliphatic rings. The maximum Gasteiger partial charge on any atom is 0.422 e. The van der Waals surface area contributed by atoms with Crippen LogP contribution in [0.5, 0.6) is 5.75 Å². The molecule has 2 aromatic rings. The normalized spacial score (nSPS) is 19.6. The van der Waals surface area contributed by atoms with Crippen LogP contribution in [0.2, 0.25) is 0 Å². The number of benzene rings is 2. The summed E-state index contributed by atoms with van der Waals surface area (Å²) >= 11 is 0. The Kier molecular flexibility index (Phi) is 8.24. The van der Waals surface area contributed by atoms with E-state index in [0.29, 0.717) is 5.92 Å². The van der Waals surface area contributed by atoms with Crippen LogP contribution in [0.25, 0.3) is 0 Å². The lowest BCUT2D eigenvalue weighted by atomic mass is 9.77. The molecule has 30 heavy (non-hydrogen) atoms. The highest BCUT2D eigenvalue weighted by Crippen LogP contribution is 2.37. The number of rotatable bonds is 9. The van der Waals surface area contributed by atoms with E-state index in [1.165, 1.54) is 62.5 Å². The van der Waals surface area contributed by atoms with Crippen LogP contribution in [0.3, 0.4) is 0 Å². The molecule has 164 valence electrons. The van der Waals surface area contributed by atoms with Gasteiger partial charge in [0.25, 0.3) is 0 Å². The molecule has 0 amide bonds. The van der Waals surface area contributed by atoms with Crippen molar-refractivity contribution in [3.8, 4) is 5.75 Å². The van der Waals surface area contributed by atoms with Crippen LogP contribution in [0.15, 0.2) is 48.5 Å². The Morgan fingerprint density at radius 3 is 2.00 bits per heavy atom. The summed E-state index contributed by atoms with van der Waals surface area (Å²) in [6.45, 7) is 1.01. The molecule has 0 aliphatic heterocycles. The van der Waals surface area contributed by atoms with E-state index in [9.17, 15) is 13.2 Å². The Hall–Kier alpha value is -1.97. The van der Waals surface area contributed by atoms with Crippen molar-refractivity contribution in [2.24, 2.45) is 5.92 Å². The van der Waals surface area contributed by atoms with Crippen LogP contribution in [0, 0.1) is 5.92 Å². The third-order valence-electron chi connectivity index (χ3n) is 6.25. The molecule has 0 atom stereocenters. The first-order chi connectivity index (χ1) is 14.4. The summed E-state index contributed by atoms with van der Waals surface area (Å²) < 4.78 is 41.5. The van der Waals surface area contributed by atoms with E-state index in [1.54, 1.807) is 12.1 Å². The zero-order valence-electron chi connectivity index (χ0n) is 17.9. The summed E-state index contributed by atoms with van der Waals surface area (Å²) in [5.41, 5.74) is 3.73. The van der Waals surface area contributed by atoms with Crippen LogP contribution >= 0.6 is 0 Å². The van der Waals surface area contributed by atoms with Gasteiger partial charge < -0.3 is 4.74 Å². The molecule has 0 bridgehead atoms. The average Bonchev–Trinajstić information content (AvgIpc) is 2.74. The molecule has 0 heterocycles. The number of ether oxygens (including phenoxy) is 1. The number of alkyl halides is 3. The van der Waals surface area contributed by atoms with Gasteiger partial charge in [0.1, 0.15) is 5.75 Å². The Morgan fingerprint density at radius 2 is 1.43 bits per heavy atom. The second-order valence-electron chi connectivity index (χ2n) is 8.68. The zero-order valence-corrected chi connectivity index (χ0v) is 17.9. The van der Waals surface area contributed by atoms with Gasteiger partial charge >= 0.3 is 6.18 Å². The monoisotopic (exact) mass is 418 g/mol. The minimum atomic E-state index is -4.31. The number of hydrogen-bond acceptors (Lipinski definition) is 1. The first-order valence-corrected chi connectivity index (χ1v) is 11.3. The quantitative estimate of drug-likeness (QED) is 0.374. The van der Waals surface area contributed by atoms with Crippen LogP contribution in [0.4, 0.5) is 13.2 Å². The topological polar surface area (TPSA) is 9.23 Å². The maximum absolute atomic E-state index is 12.2. The highest BCUT2D eigenvalue weighted by atomic mass is 19.4. The predicted octanol–water partition coefficient (Wildman–Crippen LogP) is 8.07. The van der Waals surface area contributed by atoms with Gasteiger partial charge in [0.05, 0.1) is 0 Å². The van der Waals surface area contributed by atoms with Crippen molar-refractivity contribution in [1.82, 2.24) is 0 Å². The van der Waals surface area contributed by atoms with Crippen molar-refractivity contribution in [3.05, 3.63) is 65.2 Å². The lowest BCUT2D eigenvalue weighted by Gasteiger charge is -2.29. The van der Waals surface area contributed by atoms with Gasteiger partial charge in [-0.3, -0.25) is 0 Å². The van der Waals surface area contributed by atoms with Crippen molar-refractivity contribution in [2.45, 2.75) is 76.8 Å². The standard InChI is InChI=1S/C26H33F3O/c1-2-3-4-5-20-6-12-23(13-7-20)24-14-8-21(9-15-24)18-22-10-16-25(17-11-22)30-19-26(27,28)29/h8-11,14-17,20,23H,2-7,12-13,18-19H2,1H3. The Labute approximate surface area is 178 Å². The van der Waals surface area contributed by atoms with E-state index in [4.69, 9.17) is 4.74 Å². The van der Waals surface area contributed by atoms with E-state index in [0.717, 1.165) is 17.9 Å². The third kappa shape index (κ3) is 7.37. The molecule has 3 rings (SSSR count). The number of halogens is 3.